The maximum Gasteiger partial charge on any atom is 0.278 e. The van der Waals surface area contributed by atoms with Crippen molar-refractivity contribution in [1.82, 2.24) is 19.9 Å². The Morgan fingerprint density at radius 1 is 1.05 bits per heavy atom. The summed E-state index contributed by atoms with van der Waals surface area (Å²) in [6.45, 7) is 6.51. The van der Waals surface area contributed by atoms with Crippen molar-refractivity contribution in [1.29, 1.82) is 0 Å². The minimum absolute atomic E-state index is 0.106. The van der Waals surface area contributed by atoms with Crippen LogP contribution >= 0.6 is 0 Å². The molecule has 0 bridgehead atoms. The van der Waals surface area contributed by atoms with Crippen molar-refractivity contribution in [2.75, 3.05) is 0 Å². The molecule has 0 saturated carbocycles. The fourth-order valence-electron chi connectivity index (χ4n) is 2.13. The highest BCUT2D eigenvalue weighted by atomic mass is 16.1. The van der Waals surface area contributed by atoms with E-state index in [1.807, 2.05) is 12.1 Å². The summed E-state index contributed by atoms with van der Waals surface area (Å²) in [5.74, 6) is 0. The van der Waals surface area contributed by atoms with Crippen molar-refractivity contribution in [2.45, 2.75) is 26.2 Å². The Morgan fingerprint density at radius 2 is 1.76 bits per heavy atom. The zero-order chi connectivity index (χ0) is 15.0. The number of H-pyrrole nitrogens is 1. The Bertz CT molecular complexity index is 845. The van der Waals surface area contributed by atoms with Gasteiger partial charge in [-0.1, -0.05) is 45.0 Å². The van der Waals surface area contributed by atoms with Crippen molar-refractivity contribution < 1.29 is 0 Å². The van der Waals surface area contributed by atoms with E-state index in [0.717, 1.165) is 5.56 Å². The van der Waals surface area contributed by atoms with Gasteiger partial charge in [-0.15, -0.1) is 0 Å². The summed E-state index contributed by atoms with van der Waals surface area (Å²) in [5, 5.41) is 0. The van der Waals surface area contributed by atoms with E-state index < -0.39 is 0 Å². The molecule has 0 aliphatic rings. The standard InChI is InChI=1S/C16H16N4O/c1-16(2,3)11-6-4-10(5-7-11)12-8-17-14-13(20-12)15(21)19-9-18-14/h4-9H,1-3H3,(H,17,18,19,21). The van der Waals surface area contributed by atoms with Crippen LogP contribution in [0.4, 0.5) is 0 Å². The highest BCUT2D eigenvalue weighted by Crippen LogP contribution is 2.25. The van der Waals surface area contributed by atoms with Gasteiger partial charge in [0.25, 0.3) is 5.56 Å². The lowest BCUT2D eigenvalue weighted by atomic mass is 9.86. The number of aromatic amines is 1. The first-order valence-electron chi connectivity index (χ1n) is 6.76. The smallest absolute Gasteiger partial charge is 0.278 e. The molecule has 1 N–H and O–H groups in total. The molecule has 0 amide bonds. The van der Waals surface area contributed by atoms with Crippen LogP contribution in [0.5, 0.6) is 0 Å². The van der Waals surface area contributed by atoms with Crippen LogP contribution in [-0.4, -0.2) is 19.9 Å². The Balaban J connectivity index is 2.08. The third kappa shape index (κ3) is 2.54. The van der Waals surface area contributed by atoms with Crippen LogP contribution in [0, 0.1) is 0 Å². The van der Waals surface area contributed by atoms with E-state index in [1.54, 1.807) is 6.20 Å². The molecular weight excluding hydrogens is 264 g/mol. The fourth-order valence-corrected chi connectivity index (χ4v) is 2.13. The van der Waals surface area contributed by atoms with Crippen LogP contribution in [0.15, 0.2) is 41.6 Å². The Kier molecular flexibility index (Phi) is 3.05. The van der Waals surface area contributed by atoms with Crippen molar-refractivity contribution in [3.63, 3.8) is 0 Å². The Morgan fingerprint density at radius 3 is 2.43 bits per heavy atom. The molecule has 0 saturated heterocycles. The molecule has 21 heavy (non-hydrogen) atoms. The van der Waals surface area contributed by atoms with Crippen LogP contribution in [0.3, 0.4) is 0 Å². The molecule has 0 unspecified atom stereocenters. The van der Waals surface area contributed by atoms with Gasteiger partial charge in [-0.05, 0) is 11.0 Å². The lowest BCUT2D eigenvalue weighted by Crippen LogP contribution is -2.11. The van der Waals surface area contributed by atoms with Gasteiger partial charge in [0.1, 0.15) is 0 Å². The molecule has 106 valence electrons. The average molecular weight is 280 g/mol. The zero-order valence-electron chi connectivity index (χ0n) is 12.2. The Hall–Kier alpha value is -2.56. The summed E-state index contributed by atoms with van der Waals surface area (Å²) in [6.07, 6.45) is 2.97. The largest absolute Gasteiger partial charge is 0.311 e. The second-order valence-electron chi connectivity index (χ2n) is 5.99. The normalized spacial score (nSPS) is 11.8. The predicted molar refractivity (Wildman–Crippen MR) is 82.1 cm³/mol. The summed E-state index contributed by atoms with van der Waals surface area (Å²) in [4.78, 5) is 26.8. The third-order valence-electron chi connectivity index (χ3n) is 3.40. The summed E-state index contributed by atoms with van der Waals surface area (Å²) in [5.41, 5.74) is 3.29. The highest BCUT2D eigenvalue weighted by Gasteiger charge is 2.13. The van der Waals surface area contributed by atoms with E-state index in [4.69, 9.17) is 0 Å². The molecule has 0 radical (unpaired) electrons. The van der Waals surface area contributed by atoms with Crippen molar-refractivity contribution in [3.8, 4) is 11.3 Å². The first kappa shape index (κ1) is 13.4. The number of hydrogen-bond donors (Lipinski definition) is 1. The molecule has 5 nitrogen and oxygen atoms in total. The average Bonchev–Trinajstić information content (AvgIpc) is 2.47. The molecule has 0 spiro atoms. The van der Waals surface area contributed by atoms with Crippen LogP contribution in [0.25, 0.3) is 22.4 Å². The van der Waals surface area contributed by atoms with Gasteiger partial charge in [0.2, 0.25) is 0 Å². The lowest BCUT2D eigenvalue weighted by molar-refractivity contribution is 0.590. The van der Waals surface area contributed by atoms with E-state index in [-0.39, 0.29) is 16.5 Å². The van der Waals surface area contributed by atoms with Crippen molar-refractivity contribution in [2.24, 2.45) is 0 Å². The number of benzene rings is 1. The molecule has 0 aliphatic carbocycles. The van der Waals surface area contributed by atoms with Crippen LogP contribution in [-0.2, 0) is 5.41 Å². The maximum atomic E-state index is 11.7. The number of nitrogens with one attached hydrogen (secondary N) is 1. The van der Waals surface area contributed by atoms with E-state index in [1.165, 1.54) is 11.9 Å². The first-order valence-corrected chi connectivity index (χ1v) is 6.76. The highest BCUT2D eigenvalue weighted by molar-refractivity contribution is 5.72. The molecule has 3 rings (SSSR count). The SMILES string of the molecule is CC(C)(C)c1ccc(-c2cnc3nc[nH]c(=O)c3n2)cc1. The number of rotatable bonds is 1. The molecule has 1 aromatic carbocycles. The summed E-state index contributed by atoms with van der Waals surface area (Å²) in [7, 11) is 0. The second-order valence-corrected chi connectivity index (χ2v) is 5.99. The van der Waals surface area contributed by atoms with E-state index in [9.17, 15) is 4.79 Å². The number of aromatic nitrogens is 4. The quantitative estimate of drug-likeness (QED) is 0.744. The van der Waals surface area contributed by atoms with Gasteiger partial charge in [0, 0.05) is 5.56 Å². The van der Waals surface area contributed by atoms with Gasteiger partial charge in [-0.25, -0.2) is 15.0 Å². The monoisotopic (exact) mass is 280 g/mol. The maximum absolute atomic E-state index is 11.7. The number of nitrogens with zero attached hydrogens (tertiary/aromatic N) is 3. The summed E-state index contributed by atoms with van der Waals surface area (Å²) >= 11 is 0. The second kappa shape index (κ2) is 4.77. The zero-order valence-corrected chi connectivity index (χ0v) is 12.2. The van der Waals surface area contributed by atoms with Crippen LogP contribution in [0.2, 0.25) is 0 Å². The number of fused-ring (bicyclic) bond motifs is 1. The van der Waals surface area contributed by atoms with Gasteiger partial charge in [0.05, 0.1) is 18.2 Å². The van der Waals surface area contributed by atoms with Crippen molar-refractivity contribution in [3.05, 3.63) is 52.7 Å². The molecule has 2 heterocycles. The van der Waals surface area contributed by atoms with E-state index >= 15 is 0 Å². The molecular formula is C16H16N4O. The van der Waals surface area contributed by atoms with Crippen LogP contribution in [0.1, 0.15) is 26.3 Å². The fraction of sp³-hybridized carbons (Fsp3) is 0.250. The molecule has 0 fully saturated rings. The minimum atomic E-state index is -0.277. The summed E-state index contributed by atoms with van der Waals surface area (Å²) < 4.78 is 0. The summed E-state index contributed by atoms with van der Waals surface area (Å²) in [6, 6.07) is 8.16. The lowest BCUT2D eigenvalue weighted by Gasteiger charge is -2.19. The van der Waals surface area contributed by atoms with Crippen LogP contribution < -0.4 is 5.56 Å². The predicted octanol–water partition coefficient (Wildman–Crippen LogP) is 2.68. The first-order chi connectivity index (χ1) is 9.95. The van der Waals surface area contributed by atoms with Gasteiger partial charge in [0.15, 0.2) is 11.2 Å². The molecule has 3 aromatic rings. The van der Waals surface area contributed by atoms with Gasteiger partial charge in [-0.2, -0.15) is 0 Å². The van der Waals surface area contributed by atoms with Gasteiger partial charge >= 0.3 is 0 Å². The molecule has 0 atom stereocenters. The van der Waals surface area contributed by atoms with Gasteiger partial charge in [-0.3, -0.25) is 4.79 Å². The van der Waals surface area contributed by atoms with E-state index in [0.29, 0.717) is 11.3 Å². The minimum Gasteiger partial charge on any atom is -0.311 e. The van der Waals surface area contributed by atoms with E-state index in [2.05, 4.69) is 52.8 Å². The number of hydrogen-bond acceptors (Lipinski definition) is 4. The Labute approximate surface area is 122 Å². The molecule has 0 aliphatic heterocycles. The molecule has 2 aromatic heterocycles. The molecule has 5 heteroatoms. The topological polar surface area (TPSA) is 71.5 Å². The van der Waals surface area contributed by atoms with Gasteiger partial charge < -0.3 is 4.98 Å². The van der Waals surface area contributed by atoms with Crippen molar-refractivity contribution >= 4 is 11.2 Å². The third-order valence-corrected chi connectivity index (χ3v) is 3.40.